The fourth-order valence-electron chi connectivity index (χ4n) is 2.76. The highest BCUT2D eigenvalue weighted by atomic mass is 15.2. The van der Waals surface area contributed by atoms with Crippen LogP contribution in [-0.4, -0.2) is 39.1 Å². The van der Waals surface area contributed by atoms with Crippen molar-refractivity contribution in [1.29, 1.82) is 0 Å². The van der Waals surface area contributed by atoms with Crippen molar-refractivity contribution >= 4 is 11.2 Å². The molecule has 1 aliphatic rings. The minimum absolute atomic E-state index is 0.291. The Kier molecular flexibility index (Phi) is 2.80. The lowest BCUT2D eigenvalue weighted by molar-refractivity contribution is 0.166. The molecular formula is C13H19N5. The summed E-state index contributed by atoms with van der Waals surface area (Å²) in [6, 6.07) is 2.65. The molecule has 1 saturated heterocycles. The number of likely N-dealkylation sites (N-methyl/N-ethyl adjacent to an activating group) is 1. The predicted molar refractivity (Wildman–Crippen MR) is 71.1 cm³/mol. The fourth-order valence-corrected chi connectivity index (χ4v) is 2.76. The van der Waals surface area contributed by atoms with Gasteiger partial charge in [-0.3, -0.25) is 4.90 Å². The topological polar surface area (TPSA) is 60.0 Å². The number of nitrogens with zero attached hydrogens (tertiary/aromatic N) is 4. The van der Waals surface area contributed by atoms with Crippen LogP contribution >= 0.6 is 0 Å². The zero-order chi connectivity index (χ0) is 12.7. The normalized spacial score (nSPS) is 25.7. The summed E-state index contributed by atoms with van der Waals surface area (Å²) in [7, 11) is 4.10. The van der Waals surface area contributed by atoms with Crippen LogP contribution in [0, 0.1) is 0 Å². The number of hydrogen-bond acceptors (Lipinski definition) is 4. The molecule has 2 unspecified atom stereocenters. The van der Waals surface area contributed by atoms with E-state index in [0.29, 0.717) is 12.1 Å². The Bertz CT molecular complexity index is 562. The molecular weight excluding hydrogens is 226 g/mol. The van der Waals surface area contributed by atoms with Crippen molar-refractivity contribution < 1.29 is 0 Å². The Morgan fingerprint density at radius 3 is 2.94 bits per heavy atom. The maximum Gasteiger partial charge on any atom is 0.158 e. The second kappa shape index (κ2) is 4.33. The molecule has 0 amide bonds. The van der Waals surface area contributed by atoms with Gasteiger partial charge in [0.1, 0.15) is 5.52 Å². The summed E-state index contributed by atoms with van der Waals surface area (Å²) in [5.41, 5.74) is 8.95. The van der Waals surface area contributed by atoms with Gasteiger partial charge in [0.05, 0.1) is 17.9 Å². The predicted octanol–water partition coefficient (Wildman–Crippen LogP) is 1.06. The lowest BCUT2D eigenvalue weighted by Crippen LogP contribution is -2.42. The molecule has 0 radical (unpaired) electrons. The second-order valence-corrected chi connectivity index (χ2v) is 5.22. The first-order valence-corrected chi connectivity index (χ1v) is 6.39. The van der Waals surface area contributed by atoms with Gasteiger partial charge in [0, 0.05) is 25.8 Å². The van der Waals surface area contributed by atoms with Crippen LogP contribution in [0.15, 0.2) is 18.5 Å². The van der Waals surface area contributed by atoms with Crippen LogP contribution in [0.2, 0.25) is 0 Å². The quantitative estimate of drug-likeness (QED) is 0.816. The number of fused-ring (bicyclic) bond motifs is 1. The molecule has 18 heavy (non-hydrogen) atoms. The molecule has 1 aliphatic heterocycles. The molecule has 96 valence electrons. The highest BCUT2D eigenvalue weighted by molar-refractivity contribution is 5.70. The molecule has 5 heteroatoms. The molecule has 0 saturated carbocycles. The zero-order valence-corrected chi connectivity index (χ0v) is 10.9. The molecule has 2 aromatic heterocycles. The maximum atomic E-state index is 5.98. The standard InChI is InChI=1S/C13H19N5/c1-17-6-5-10-13(17)15-7-11(16-10)12-4-3-9(14)8-18(12)2/h5-7,9,12H,3-4,8,14H2,1-2H3. The van der Waals surface area contributed by atoms with E-state index >= 15 is 0 Å². The van der Waals surface area contributed by atoms with Crippen molar-refractivity contribution in [2.45, 2.75) is 24.9 Å². The van der Waals surface area contributed by atoms with E-state index in [2.05, 4.69) is 16.9 Å². The van der Waals surface area contributed by atoms with Crippen molar-refractivity contribution in [2.75, 3.05) is 13.6 Å². The van der Waals surface area contributed by atoms with E-state index in [1.54, 1.807) is 0 Å². The minimum atomic E-state index is 0.291. The number of piperidine rings is 1. The van der Waals surface area contributed by atoms with Crippen LogP contribution in [0.4, 0.5) is 0 Å². The summed E-state index contributed by atoms with van der Waals surface area (Å²) in [6.45, 7) is 0.930. The van der Waals surface area contributed by atoms with E-state index < -0.39 is 0 Å². The minimum Gasteiger partial charge on any atom is -0.334 e. The molecule has 0 spiro atoms. The van der Waals surface area contributed by atoms with Gasteiger partial charge in [-0.2, -0.15) is 0 Å². The number of likely N-dealkylation sites (tertiary alicyclic amines) is 1. The SMILES string of the molecule is CN1CC(N)CCC1c1cnc2c(ccn2C)n1. The van der Waals surface area contributed by atoms with Gasteiger partial charge < -0.3 is 10.3 Å². The lowest BCUT2D eigenvalue weighted by atomic mass is 9.97. The van der Waals surface area contributed by atoms with Gasteiger partial charge >= 0.3 is 0 Å². The first-order valence-electron chi connectivity index (χ1n) is 6.39. The van der Waals surface area contributed by atoms with Crippen LogP contribution in [0.1, 0.15) is 24.6 Å². The second-order valence-electron chi connectivity index (χ2n) is 5.22. The van der Waals surface area contributed by atoms with E-state index in [0.717, 1.165) is 36.2 Å². The van der Waals surface area contributed by atoms with E-state index in [1.165, 1.54) is 0 Å². The summed E-state index contributed by atoms with van der Waals surface area (Å²) in [6.07, 6.45) is 6.02. The molecule has 0 aromatic carbocycles. The highest BCUT2D eigenvalue weighted by Gasteiger charge is 2.26. The third kappa shape index (κ3) is 1.89. The van der Waals surface area contributed by atoms with Gasteiger partial charge in [-0.05, 0) is 26.0 Å². The average molecular weight is 245 g/mol. The molecule has 0 bridgehead atoms. The summed E-state index contributed by atoms with van der Waals surface area (Å²) < 4.78 is 1.99. The van der Waals surface area contributed by atoms with Gasteiger partial charge in [-0.25, -0.2) is 9.97 Å². The zero-order valence-electron chi connectivity index (χ0n) is 10.9. The van der Waals surface area contributed by atoms with Crippen LogP contribution in [0.3, 0.4) is 0 Å². The number of hydrogen-bond donors (Lipinski definition) is 1. The average Bonchev–Trinajstić information content (AvgIpc) is 2.71. The Labute approximate surface area is 107 Å². The van der Waals surface area contributed by atoms with E-state index in [-0.39, 0.29) is 0 Å². The molecule has 3 rings (SSSR count). The Morgan fingerprint density at radius 2 is 2.17 bits per heavy atom. The summed E-state index contributed by atoms with van der Waals surface area (Å²) in [5.74, 6) is 0. The van der Waals surface area contributed by atoms with E-state index in [9.17, 15) is 0 Å². The van der Waals surface area contributed by atoms with Gasteiger partial charge in [0.2, 0.25) is 0 Å². The van der Waals surface area contributed by atoms with Gasteiger partial charge in [0.15, 0.2) is 5.65 Å². The molecule has 2 atom stereocenters. The van der Waals surface area contributed by atoms with Crippen molar-refractivity contribution in [2.24, 2.45) is 12.8 Å². The van der Waals surface area contributed by atoms with Crippen molar-refractivity contribution in [3.8, 4) is 0 Å². The lowest BCUT2D eigenvalue weighted by Gasteiger charge is -2.35. The summed E-state index contributed by atoms with van der Waals surface area (Å²) in [5, 5.41) is 0. The Balaban J connectivity index is 1.94. The third-order valence-electron chi connectivity index (χ3n) is 3.79. The van der Waals surface area contributed by atoms with Crippen LogP contribution in [0.5, 0.6) is 0 Å². The molecule has 1 fully saturated rings. The smallest absolute Gasteiger partial charge is 0.158 e. The van der Waals surface area contributed by atoms with Crippen LogP contribution in [0.25, 0.3) is 11.2 Å². The Morgan fingerprint density at radius 1 is 1.33 bits per heavy atom. The molecule has 2 aromatic rings. The number of rotatable bonds is 1. The van der Waals surface area contributed by atoms with Crippen molar-refractivity contribution in [3.05, 3.63) is 24.2 Å². The maximum absolute atomic E-state index is 5.98. The van der Waals surface area contributed by atoms with Crippen molar-refractivity contribution in [3.63, 3.8) is 0 Å². The Hall–Kier alpha value is -1.46. The van der Waals surface area contributed by atoms with E-state index in [1.807, 2.05) is 30.1 Å². The molecule has 0 aliphatic carbocycles. The van der Waals surface area contributed by atoms with Crippen LogP contribution in [-0.2, 0) is 7.05 Å². The fraction of sp³-hybridized carbons (Fsp3) is 0.538. The van der Waals surface area contributed by atoms with Crippen LogP contribution < -0.4 is 5.73 Å². The monoisotopic (exact) mass is 245 g/mol. The van der Waals surface area contributed by atoms with Gasteiger partial charge in [0.25, 0.3) is 0 Å². The number of nitrogens with two attached hydrogens (primary N) is 1. The van der Waals surface area contributed by atoms with Gasteiger partial charge in [-0.15, -0.1) is 0 Å². The summed E-state index contributed by atoms with van der Waals surface area (Å²) in [4.78, 5) is 11.5. The molecule has 5 nitrogen and oxygen atoms in total. The molecule has 3 heterocycles. The first kappa shape index (κ1) is 11.6. The van der Waals surface area contributed by atoms with Gasteiger partial charge in [-0.1, -0.05) is 0 Å². The van der Waals surface area contributed by atoms with E-state index in [4.69, 9.17) is 10.7 Å². The number of aromatic nitrogens is 3. The first-order chi connectivity index (χ1) is 8.65. The molecule has 2 N–H and O–H groups in total. The largest absolute Gasteiger partial charge is 0.334 e. The third-order valence-corrected chi connectivity index (χ3v) is 3.79. The summed E-state index contributed by atoms with van der Waals surface area (Å²) >= 11 is 0. The number of aryl methyl sites for hydroxylation is 1. The highest BCUT2D eigenvalue weighted by Crippen LogP contribution is 2.28. The van der Waals surface area contributed by atoms with Crippen molar-refractivity contribution in [1.82, 2.24) is 19.4 Å².